The molecule has 4 heteroatoms. The number of amides is 1. The second-order valence-electron chi connectivity index (χ2n) is 8.33. The lowest BCUT2D eigenvalue weighted by Crippen LogP contribution is -2.37. The van der Waals surface area contributed by atoms with Crippen molar-refractivity contribution in [3.8, 4) is 0 Å². The molecule has 1 aromatic heterocycles. The Morgan fingerprint density at radius 1 is 1.12 bits per heavy atom. The molecule has 0 unspecified atom stereocenters. The van der Waals surface area contributed by atoms with Gasteiger partial charge in [0, 0.05) is 25.0 Å². The number of aromatic nitrogens is 1. The zero-order valence-corrected chi connectivity index (χ0v) is 16.2. The zero-order chi connectivity index (χ0) is 18.7. The minimum Gasteiger partial charge on any atom is -0.340 e. The second kappa shape index (κ2) is 7.48. The van der Waals surface area contributed by atoms with E-state index < -0.39 is 0 Å². The summed E-state index contributed by atoms with van der Waals surface area (Å²) in [4.78, 5) is 19.0. The van der Waals surface area contributed by atoms with Crippen LogP contribution in [0.4, 0.5) is 11.5 Å². The van der Waals surface area contributed by atoms with Crippen LogP contribution in [-0.4, -0.2) is 28.9 Å². The van der Waals surface area contributed by atoms with Gasteiger partial charge in [-0.25, -0.2) is 4.98 Å². The Labute approximate surface area is 156 Å². The molecule has 4 nitrogen and oxygen atoms in total. The molecule has 2 aromatic rings. The van der Waals surface area contributed by atoms with Gasteiger partial charge in [-0.3, -0.25) is 4.79 Å². The van der Waals surface area contributed by atoms with E-state index >= 15 is 0 Å². The predicted octanol–water partition coefficient (Wildman–Crippen LogP) is 4.99. The summed E-state index contributed by atoms with van der Waals surface area (Å²) < 4.78 is 0. The van der Waals surface area contributed by atoms with E-state index in [-0.39, 0.29) is 11.3 Å². The van der Waals surface area contributed by atoms with Gasteiger partial charge in [-0.2, -0.15) is 0 Å². The van der Waals surface area contributed by atoms with E-state index in [1.165, 1.54) is 5.56 Å². The summed E-state index contributed by atoms with van der Waals surface area (Å²) in [7, 11) is 0. The van der Waals surface area contributed by atoms with E-state index in [9.17, 15) is 4.79 Å². The zero-order valence-electron chi connectivity index (χ0n) is 16.2. The molecule has 3 rings (SSSR count). The van der Waals surface area contributed by atoms with Crippen LogP contribution in [0.5, 0.6) is 0 Å². The van der Waals surface area contributed by atoms with Crippen LogP contribution in [0.25, 0.3) is 0 Å². The van der Waals surface area contributed by atoms with Gasteiger partial charge in [-0.05, 0) is 47.9 Å². The Morgan fingerprint density at radius 2 is 1.81 bits per heavy atom. The molecule has 1 aliphatic heterocycles. The number of rotatable bonds is 3. The maximum Gasteiger partial charge on any atom is 0.255 e. The molecule has 0 bridgehead atoms. The van der Waals surface area contributed by atoms with Crippen LogP contribution in [0.2, 0.25) is 0 Å². The van der Waals surface area contributed by atoms with E-state index in [0.717, 1.165) is 37.4 Å². The minimum atomic E-state index is 0.0465. The number of pyridine rings is 1. The molecule has 26 heavy (non-hydrogen) atoms. The van der Waals surface area contributed by atoms with Crippen LogP contribution < -0.4 is 5.32 Å². The maximum atomic E-state index is 12.6. The number of piperidine rings is 1. The molecule has 138 valence electrons. The third-order valence-electron chi connectivity index (χ3n) is 5.08. The Bertz CT molecular complexity index is 754. The number of hydrogen-bond acceptors (Lipinski definition) is 3. The molecule has 0 atom stereocenters. The molecule has 1 fully saturated rings. The van der Waals surface area contributed by atoms with Crippen molar-refractivity contribution in [1.82, 2.24) is 9.88 Å². The fourth-order valence-corrected chi connectivity index (χ4v) is 3.37. The fourth-order valence-electron chi connectivity index (χ4n) is 3.37. The van der Waals surface area contributed by atoms with Crippen molar-refractivity contribution in [2.45, 2.75) is 46.0 Å². The number of anilines is 2. The monoisotopic (exact) mass is 351 g/mol. The van der Waals surface area contributed by atoms with Crippen LogP contribution in [-0.2, 0) is 5.41 Å². The highest BCUT2D eigenvalue weighted by Gasteiger charge is 2.22. The van der Waals surface area contributed by atoms with Gasteiger partial charge in [0.15, 0.2) is 0 Å². The quantitative estimate of drug-likeness (QED) is 0.847. The van der Waals surface area contributed by atoms with Crippen molar-refractivity contribution in [3.05, 3.63) is 53.7 Å². The van der Waals surface area contributed by atoms with Gasteiger partial charge in [0.05, 0.1) is 5.56 Å². The average molecular weight is 351 g/mol. The standard InChI is InChI=1S/C22H29N3O/c1-16-11-13-25(14-12-16)21(26)17-9-10-20(23-15-17)24-19-8-6-5-7-18(19)22(2,3)4/h5-10,15-16H,11-14H2,1-4H3,(H,23,24). The highest BCUT2D eigenvalue weighted by Crippen LogP contribution is 2.30. The lowest BCUT2D eigenvalue weighted by Gasteiger charge is -2.30. The lowest BCUT2D eigenvalue weighted by molar-refractivity contribution is 0.0697. The Kier molecular flexibility index (Phi) is 5.30. The molecular formula is C22H29N3O. The van der Waals surface area contributed by atoms with Gasteiger partial charge in [0.25, 0.3) is 5.91 Å². The molecule has 1 saturated heterocycles. The van der Waals surface area contributed by atoms with Crippen LogP contribution >= 0.6 is 0 Å². The molecule has 1 amide bonds. The van der Waals surface area contributed by atoms with Crippen LogP contribution in [0, 0.1) is 5.92 Å². The first-order valence-electron chi connectivity index (χ1n) is 9.46. The second-order valence-corrected chi connectivity index (χ2v) is 8.33. The van der Waals surface area contributed by atoms with E-state index in [0.29, 0.717) is 11.5 Å². The Balaban J connectivity index is 1.72. The SMILES string of the molecule is CC1CCN(C(=O)c2ccc(Nc3ccccc3C(C)(C)C)nc2)CC1. The van der Waals surface area contributed by atoms with Crippen molar-refractivity contribution < 1.29 is 4.79 Å². The summed E-state index contributed by atoms with van der Waals surface area (Å²) in [5.41, 5.74) is 3.00. The molecular weight excluding hydrogens is 322 g/mol. The van der Waals surface area contributed by atoms with Crippen LogP contribution in [0.3, 0.4) is 0 Å². The number of para-hydroxylation sites is 1. The predicted molar refractivity (Wildman–Crippen MR) is 107 cm³/mol. The molecule has 0 radical (unpaired) electrons. The van der Waals surface area contributed by atoms with Crippen molar-refractivity contribution in [1.29, 1.82) is 0 Å². The molecule has 0 aliphatic carbocycles. The average Bonchev–Trinajstić information content (AvgIpc) is 2.62. The van der Waals surface area contributed by atoms with Crippen molar-refractivity contribution in [2.75, 3.05) is 18.4 Å². The normalized spacial score (nSPS) is 15.8. The van der Waals surface area contributed by atoms with Crippen molar-refractivity contribution >= 4 is 17.4 Å². The van der Waals surface area contributed by atoms with E-state index in [1.54, 1.807) is 6.20 Å². The highest BCUT2D eigenvalue weighted by molar-refractivity contribution is 5.94. The number of nitrogens with zero attached hydrogens (tertiary/aromatic N) is 2. The molecule has 1 aromatic carbocycles. The number of hydrogen-bond donors (Lipinski definition) is 1. The summed E-state index contributed by atoms with van der Waals surface area (Å²) >= 11 is 0. The topological polar surface area (TPSA) is 45.2 Å². The fraction of sp³-hybridized carbons (Fsp3) is 0.455. The lowest BCUT2D eigenvalue weighted by atomic mass is 9.86. The maximum absolute atomic E-state index is 12.6. The number of likely N-dealkylation sites (tertiary alicyclic amines) is 1. The van der Waals surface area contributed by atoms with E-state index in [1.807, 2.05) is 23.1 Å². The third kappa shape index (κ3) is 4.24. The number of carbonyl (C=O) groups excluding carboxylic acids is 1. The molecule has 1 N–H and O–H groups in total. The summed E-state index contributed by atoms with van der Waals surface area (Å²) in [5, 5.41) is 3.39. The van der Waals surface area contributed by atoms with Crippen LogP contribution in [0.1, 0.15) is 56.5 Å². The van der Waals surface area contributed by atoms with Gasteiger partial charge in [-0.1, -0.05) is 45.9 Å². The first-order valence-corrected chi connectivity index (χ1v) is 9.46. The van der Waals surface area contributed by atoms with Crippen molar-refractivity contribution in [3.63, 3.8) is 0 Å². The smallest absolute Gasteiger partial charge is 0.255 e. The summed E-state index contributed by atoms with van der Waals surface area (Å²) in [5.74, 6) is 1.56. The molecule has 1 aliphatic rings. The largest absolute Gasteiger partial charge is 0.340 e. The van der Waals surface area contributed by atoms with Gasteiger partial charge in [0.2, 0.25) is 0 Å². The summed E-state index contributed by atoms with van der Waals surface area (Å²) in [6.07, 6.45) is 3.85. The first kappa shape index (κ1) is 18.4. The minimum absolute atomic E-state index is 0.0465. The number of benzene rings is 1. The van der Waals surface area contributed by atoms with E-state index in [2.05, 4.69) is 56.2 Å². The van der Waals surface area contributed by atoms with Crippen LogP contribution in [0.15, 0.2) is 42.6 Å². The molecule has 0 saturated carbocycles. The van der Waals surface area contributed by atoms with E-state index in [4.69, 9.17) is 0 Å². The summed E-state index contributed by atoms with van der Waals surface area (Å²) in [6.45, 7) is 10.5. The summed E-state index contributed by atoms with van der Waals surface area (Å²) in [6, 6.07) is 12.0. The Hall–Kier alpha value is -2.36. The molecule has 0 spiro atoms. The number of carbonyl (C=O) groups is 1. The third-order valence-corrected chi connectivity index (χ3v) is 5.08. The van der Waals surface area contributed by atoms with Gasteiger partial charge < -0.3 is 10.2 Å². The van der Waals surface area contributed by atoms with Crippen molar-refractivity contribution in [2.24, 2.45) is 5.92 Å². The van der Waals surface area contributed by atoms with Gasteiger partial charge in [0.1, 0.15) is 5.82 Å². The molecule has 2 heterocycles. The first-order chi connectivity index (χ1) is 12.3. The highest BCUT2D eigenvalue weighted by atomic mass is 16.2. The van der Waals surface area contributed by atoms with Gasteiger partial charge in [-0.15, -0.1) is 0 Å². The number of nitrogens with one attached hydrogen (secondary N) is 1. The Morgan fingerprint density at radius 3 is 2.42 bits per heavy atom. The van der Waals surface area contributed by atoms with Gasteiger partial charge >= 0.3 is 0 Å².